The van der Waals surface area contributed by atoms with Gasteiger partial charge in [0.2, 0.25) is 5.91 Å². The summed E-state index contributed by atoms with van der Waals surface area (Å²) in [6.07, 6.45) is 7.82. The van der Waals surface area contributed by atoms with Crippen molar-refractivity contribution in [2.45, 2.75) is 50.6 Å². The Labute approximate surface area is 114 Å². The first-order valence-electron chi connectivity index (χ1n) is 7.37. The molecule has 1 N–H and O–H groups in total. The molecule has 4 nitrogen and oxygen atoms in total. The van der Waals surface area contributed by atoms with Gasteiger partial charge in [-0.1, -0.05) is 0 Å². The van der Waals surface area contributed by atoms with Gasteiger partial charge in [0.1, 0.15) is 5.76 Å². The molecule has 1 amide bonds. The highest BCUT2D eigenvalue weighted by Gasteiger charge is 2.31. The minimum Gasteiger partial charge on any atom is -0.469 e. The molecule has 19 heavy (non-hydrogen) atoms. The largest absolute Gasteiger partial charge is 0.469 e. The van der Waals surface area contributed by atoms with Crippen molar-refractivity contribution in [1.82, 2.24) is 10.2 Å². The van der Waals surface area contributed by atoms with Crippen LogP contribution in [0.5, 0.6) is 0 Å². The maximum Gasteiger partial charge on any atom is 0.220 e. The minimum atomic E-state index is 0.154. The molecule has 2 aliphatic rings. The van der Waals surface area contributed by atoms with Gasteiger partial charge in [0.25, 0.3) is 0 Å². The zero-order valence-corrected chi connectivity index (χ0v) is 11.3. The Balaban J connectivity index is 1.35. The van der Waals surface area contributed by atoms with E-state index >= 15 is 0 Å². The molecule has 1 aliphatic carbocycles. The fourth-order valence-corrected chi connectivity index (χ4v) is 2.84. The summed E-state index contributed by atoms with van der Waals surface area (Å²) in [6.45, 7) is 2.29. The van der Waals surface area contributed by atoms with E-state index in [1.807, 2.05) is 12.1 Å². The third-order valence-corrected chi connectivity index (χ3v) is 4.14. The highest BCUT2D eigenvalue weighted by molar-refractivity contribution is 5.76. The van der Waals surface area contributed by atoms with E-state index in [1.54, 1.807) is 6.26 Å². The Morgan fingerprint density at radius 1 is 1.32 bits per heavy atom. The van der Waals surface area contributed by atoms with Crippen molar-refractivity contribution < 1.29 is 9.21 Å². The number of likely N-dealkylation sites (tertiary alicyclic amines) is 1. The fraction of sp³-hybridized carbons (Fsp3) is 0.667. The second kappa shape index (κ2) is 5.78. The first kappa shape index (κ1) is 12.7. The van der Waals surface area contributed by atoms with Gasteiger partial charge >= 0.3 is 0 Å². The van der Waals surface area contributed by atoms with E-state index in [4.69, 9.17) is 4.42 Å². The van der Waals surface area contributed by atoms with Gasteiger partial charge in [-0.15, -0.1) is 0 Å². The van der Waals surface area contributed by atoms with Crippen molar-refractivity contribution in [3.8, 4) is 0 Å². The summed E-state index contributed by atoms with van der Waals surface area (Å²) in [7, 11) is 0. The van der Waals surface area contributed by atoms with Crippen LogP contribution in [0.3, 0.4) is 0 Å². The van der Waals surface area contributed by atoms with Gasteiger partial charge in [0.05, 0.1) is 6.26 Å². The van der Waals surface area contributed by atoms with Crippen molar-refractivity contribution in [3.05, 3.63) is 24.2 Å². The molecule has 4 heteroatoms. The zero-order valence-electron chi connectivity index (χ0n) is 11.3. The molecule has 1 saturated heterocycles. The molecule has 104 valence electrons. The third kappa shape index (κ3) is 3.60. The molecule has 0 unspecified atom stereocenters. The number of hydrogen-bond acceptors (Lipinski definition) is 3. The molecule has 0 spiro atoms. The maximum atomic E-state index is 11.9. The summed E-state index contributed by atoms with van der Waals surface area (Å²) in [4.78, 5) is 14.4. The van der Waals surface area contributed by atoms with Gasteiger partial charge < -0.3 is 14.6 Å². The number of aryl methyl sites for hydroxylation is 1. The number of carbonyl (C=O) groups excluding carboxylic acids is 1. The van der Waals surface area contributed by atoms with Crippen LogP contribution in [0, 0.1) is 0 Å². The molecule has 1 saturated carbocycles. The van der Waals surface area contributed by atoms with Gasteiger partial charge in [0.15, 0.2) is 0 Å². The summed E-state index contributed by atoms with van der Waals surface area (Å²) in [6, 6.07) is 5.01. The van der Waals surface area contributed by atoms with Crippen molar-refractivity contribution in [2.24, 2.45) is 0 Å². The predicted molar refractivity (Wildman–Crippen MR) is 72.8 cm³/mol. The molecule has 1 aliphatic heterocycles. The van der Waals surface area contributed by atoms with Crippen LogP contribution in [0.2, 0.25) is 0 Å². The number of nitrogens with zero attached hydrogens (tertiary/aromatic N) is 1. The number of amides is 1. The van der Waals surface area contributed by atoms with Gasteiger partial charge in [-0.25, -0.2) is 0 Å². The lowest BCUT2D eigenvalue weighted by Gasteiger charge is -2.32. The second-order valence-electron chi connectivity index (χ2n) is 5.69. The Morgan fingerprint density at radius 2 is 2.11 bits per heavy atom. The van der Waals surface area contributed by atoms with Crippen LogP contribution in [0.25, 0.3) is 0 Å². The lowest BCUT2D eigenvalue weighted by molar-refractivity contribution is -0.122. The van der Waals surface area contributed by atoms with E-state index in [1.165, 1.54) is 12.8 Å². The predicted octanol–water partition coefficient (Wildman–Crippen LogP) is 1.96. The Kier molecular flexibility index (Phi) is 3.87. The maximum absolute atomic E-state index is 11.9. The first-order valence-corrected chi connectivity index (χ1v) is 7.37. The van der Waals surface area contributed by atoms with E-state index < -0.39 is 0 Å². The molecule has 0 radical (unpaired) electrons. The van der Waals surface area contributed by atoms with Crippen molar-refractivity contribution in [3.63, 3.8) is 0 Å². The van der Waals surface area contributed by atoms with Gasteiger partial charge in [0, 0.05) is 38.0 Å². The number of nitrogens with one attached hydrogen (secondary N) is 1. The average molecular weight is 262 g/mol. The monoisotopic (exact) mass is 262 g/mol. The third-order valence-electron chi connectivity index (χ3n) is 4.14. The summed E-state index contributed by atoms with van der Waals surface area (Å²) >= 11 is 0. The summed E-state index contributed by atoms with van der Waals surface area (Å²) in [5.74, 6) is 1.04. The Hall–Kier alpha value is -1.29. The number of furan rings is 1. The van der Waals surface area contributed by atoms with Crippen molar-refractivity contribution in [2.75, 3.05) is 13.1 Å². The molecule has 1 aromatic rings. The molecule has 3 rings (SSSR count). The number of rotatable bonds is 5. The van der Waals surface area contributed by atoms with Crippen LogP contribution < -0.4 is 5.32 Å². The number of hydrogen-bond donors (Lipinski definition) is 1. The zero-order chi connectivity index (χ0) is 13.1. The number of piperidine rings is 1. The van der Waals surface area contributed by atoms with Gasteiger partial charge in [-0.2, -0.15) is 0 Å². The second-order valence-corrected chi connectivity index (χ2v) is 5.69. The van der Waals surface area contributed by atoms with Crippen LogP contribution in [-0.4, -0.2) is 36.0 Å². The van der Waals surface area contributed by atoms with E-state index in [9.17, 15) is 4.79 Å². The van der Waals surface area contributed by atoms with Crippen LogP contribution in [-0.2, 0) is 11.2 Å². The summed E-state index contributed by atoms with van der Waals surface area (Å²) < 4.78 is 5.23. The van der Waals surface area contributed by atoms with Crippen LogP contribution in [0.4, 0.5) is 0 Å². The topological polar surface area (TPSA) is 45.5 Å². The fourth-order valence-electron chi connectivity index (χ4n) is 2.84. The smallest absolute Gasteiger partial charge is 0.220 e. The van der Waals surface area contributed by atoms with Crippen LogP contribution in [0.1, 0.15) is 37.9 Å². The standard InChI is InChI=1S/C15H22N2O2/c18-15(6-5-14-2-1-11-19-14)16-12-7-9-17(10-8-12)13-3-4-13/h1-2,11-13H,3-10H2,(H,16,18). The minimum absolute atomic E-state index is 0.154. The number of carbonyl (C=O) groups is 1. The quantitative estimate of drug-likeness (QED) is 0.882. The van der Waals surface area contributed by atoms with E-state index in [-0.39, 0.29) is 5.91 Å². The van der Waals surface area contributed by atoms with Crippen LogP contribution >= 0.6 is 0 Å². The van der Waals surface area contributed by atoms with E-state index in [0.29, 0.717) is 18.9 Å². The SMILES string of the molecule is O=C(CCc1ccco1)NC1CCN(C2CC2)CC1. The molecule has 0 bridgehead atoms. The summed E-state index contributed by atoms with van der Waals surface area (Å²) in [5.41, 5.74) is 0. The van der Waals surface area contributed by atoms with Crippen molar-refractivity contribution >= 4 is 5.91 Å². The van der Waals surface area contributed by atoms with E-state index in [0.717, 1.165) is 37.7 Å². The lowest BCUT2D eigenvalue weighted by atomic mass is 10.0. The lowest BCUT2D eigenvalue weighted by Crippen LogP contribution is -2.45. The molecular weight excluding hydrogens is 240 g/mol. The van der Waals surface area contributed by atoms with E-state index in [2.05, 4.69) is 10.2 Å². The molecule has 1 aromatic heterocycles. The molecule has 2 heterocycles. The highest BCUT2D eigenvalue weighted by atomic mass is 16.3. The summed E-state index contributed by atoms with van der Waals surface area (Å²) in [5, 5.41) is 3.15. The molecular formula is C15H22N2O2. The average Bonchev–Trinajstić information content (AvgIpc) is 3.14. The molecule has 2 fully saturated rings. The Bertz CT molecular complexity index is 404. The van der Waals surface area contributed by atoms with Crippen molar-refractivity contribution in [1.29, 1.82) is 0 Å². The first-order chi connectivity index (χ1) is 9.31. The molecule has 0 atom stereocenters. The molecule has 0 aromatic carbocycles. The Morgan fingerprint density at radius 3 is 2.74 bits per heavy atom. The normalized spacial score (nSPS) is 21.5. The van der Waals surface area contributed by atoms with Gasteiger partial charge in [-0.3, -0.25) is 4.79 Å². The highest BCUT2D eigenvalue weighted by Crippen LogP contribution is 2.29. The van der Waals surface area contributed by atoms with Crippen LogP contribution in [0.15, 0.2) is 22.8 Å². The van der Waals surface area contributed by atoms with Gasteiger partial charge in [-0.05, 0) is 37.8 Å².